The van der Waals surface area contributed by atoms with E-state index in [4.69, 9.17) is 33.2 Å². The van der Waals surface area contributed by atoms with Crippen LogP contribution in [-0.4, -0.2) is 272 Å². The van der Waals surface area contributed by atoms with Crippen molar-refractivity contribution in [1.29, 1.82) is 0 Å². The molecular weight excluding hydrogens is 1370 g/mol. The summed E-state index contributed by atoms with van der Waals surface area (Å²) in [6, 6.07) is 0. The highest BCUT2D eigenvalue weighted by atomic mass is 16.7. The van der Waals surface area contributed by atoms with Gasteiger partial charge in [-0.1, -0.05) is 52.9 Å². The Morgan fingerprint density at radius 3 is 0.829 bits per heavy atom. The number of rotatable bonds is 60. The zero-order valence-electron chi connectivity index (χ0n) is 63.1. The summed E-state index contributed by atoms with van der Waals surface area (Å²) in [6.45, 7) is 7.86. The fourth-order valence-corrected chi connectivity index (χ4v) is 12.6. The maximum atomic E-state index is 14.0. The van der Waals surface area contributed by atoms with Crippen molar-refractivity contribution in [3.63, 3.8) is 0 Å². The van der Waals surface area contributed by atoms with Crippen LogP contribution >= 0.6 is 0 Å². The lowest BCUT2D eigenvalue weighted by atomic mass is 9.82. The van der Waals surface area contributed by atoms with Crippen molar-refractivity contribution in [1.82, 2.24) is 42.5 Å². The number of hydrogen-bond donors (Lipinski definition) is 17. The zero-order chi connectivity index (χ0) is 77.2. The predicted octanol–water partition coefficient (Wildman–Crippen LogP) is 0.669. The van der Waals surface area contributed by atoms with Gasteiger partial charge in [-0.15, -0.1) is 0 Å². The molecule has 0 aromatic carbocycles. The van der Waals surface area contributed by atoms with Gasteiger partial charge in [0, 0.05) is 154 Å². The van der Waals surface area contributed by atoms with Gasteiger partial charge in [0.15, 0.2) is 18.9 Å². The average molecular weight is 1510 g/mol. The number of ether oxygens (including phenoxy) is 7. The number of nitrogens with one attached hydrogen (secondary N) is 8. The Morgan fingerprint density at radius 1 is 0.305 bits per heavy atom. The number of unbranched alkanes of at least 4 members (excludes halogenated alkanes) is 12. The molecule has 0 spiro atoms. The van der Waals surface area contributed by atoms with Gasteiger partial charge in [-0.05, 0) is 116 Å². The SMILES string of the molecule is COCCCCCCNC(=O)CCCC(=O)NC(CCC(=O)NCCCCNC(=O)CCCCCO[C@@H]1OC(CO)[C@H](O)[C@H](O)C1C)(CCC(=O)NCCCCNC(=O)CCCCCO[C@@H]1OC(CO)[C@H](O)[C@H](O)C1C)CCC(=O)NCCCCNC(=O)CCCCCO[C@@H]1OC(CO)[C@H](O)[C@H](O)C1C. The number of methoxy groups -OCH3 is 1. The Hall–Kier alpha value is -4.88. The molecule has 0 aliphatic carbocycles. The molecule has 3 fully saturated rings. The molecule has 0 aromatic rings. The minimum Gasteiger partial charge on any atom is -0.394 e. The van der Waals surface area contributed by atoms with E-state index in [1.165, 1.54) is 0 Å². The van der Waals surface area contributed by atoms with Gasteiger partial charge in [-0.2, -0.15) is 0 Å². The third kappa shape index (κ3) is 39.9. The van der Waals surface area contributed by atoms with E-state index >= 15 is 0 Å². The first-order valence-corrected chi connectivity index (χ1v) is 38.9. The van der Waals surface area contributed by atoms with E-state index in [2.05, 4.69) is 42.5 Å². The van der Waals surface area contributed by atoms with Crippen LogP contribution in [-0.2, 0) is 71.5 Å². The molecular formula is C73H134N8O24. The highest BCUT2D eigenvalue weighted by molar-refractivity contribution is 5.81. The molecule has 32 nitrogen and oxygen atoms in total. The summed E-state index contributed by atoms with van der Waals surface area (Å²) >= 11 is 0. The molecule has 0 bridgehead atoms. The van der Waals surface area contributed by atoms with E-state index in [-0.39, 0.29) is 99.1 Å². The molecule has 0 saturated carbocycles. The lowest BCUT2D eigenvalue weighted by molar-refractivity contribution is -0.282. The van der Waals surface area contributed by atoms with E-state index in [1.54, 1.807) is 27.9 Å². The number of aliphatic hydroxyl groups is 9. The molecule has 17 N–H and O–H groups in total. The van der Waals surface area contributed by atoms with Crippen LogP contribution in [0.3, 0.4) is 0 Å². The van der Waals surface area contributed by atoms with Crippen LogP contribution in [0, 0.1) is 17.8 Å². The molecule has 3 rings (SSSR count). The molecule has 0 radical (unpaired) electrons. The van der Waals surface area contributed by atoms with Gasteiger partial charge in [-0.25, -0.2) is 0 Å². The van der Waals surface area contributed by atoms with E-state index in [1.807, 2.05) is 0 Å². The highest BCUT2D eigenvalue weighted by Crippen LogP contribution is 2.31. The molecule has 0 aromatic heterocycles. The summed E-state index contributed by atoms with van der Waals surface area (Å²) < 4.78 is 39.2. The normalized spacial score (nSPS) is 25.1. The molecule has 8 amide bonds. The van der Waals surface area contributed by atoms with Crippen LogP contribution in [0.5, 0.6) is 0 Å². The molecule has 3 heterocycles. The Labute approximate surface area is 621 Å². The minimum atomic E-state index is -1.22. The van der Waals surface area contributed by atoms with E-state index in [9.17, 15) is 84.3 Å². The van der Waals surface area contributed by atoms with Crippen molar-refractivity contribution in [2.45, 2.75) is 299 Å². The van der Waals surface area contributed by atoms with Crippen LogP contribution in [0.4, 0.5) is 0 Å². The smallest absolute Gasteiger partial charge is 0.220 e. The van der Waals surface area contributed by atoms with Gasteiger partial charge in [-0.3, -0.25) is 38.4 Å². The summed E-state index contributed by atoms with van der Waals surface area (Å²) in [5.41, 5.74) is -1.22. The number of aliphatic hydroxyl groups excluding tert-OH is 9. The second kappa shape index (κ2) is 56.4. The Balaban J connectivity index is 1.54. The van der Waals surface area contributed by atoms with Gasteiger partial charge >= 0.3 is 0 Å². The van der Waals surface area contributed by atoms with Gasteiger partial charge in [0.05, 0.1) is 38.1 Å². The third-order valence-electron chi connectivity index (χ3n) is 19.6. The Morgan fingerprint density at radius 2 is 0.543 bits per heavy atom. The van der Waals surface area contributed by atoms with Crippen molar-refractivity contribution in [2.24, 2.45) is 17.8 Å². The van der Waals surface area contributed by atoms with E-state index in [0.29, 0.717) is 188 Å². The van der Waals surface area contributed by atoms with Gasteiger partial charge in [0.2, 0.25) is 47.3 Å². The highest BCUT2D eigenvalue weighted by Gasteiger charge is 2.45. The largest absolute Gasteiger partial charge is 0.394 e. The van der Waals surface area contributed by atoms with Gasteiger partial charge in [0.25, 0.3) is 0 Å². The maximum absolute atomic E-state index is 14.0. The Kier molecular flexibility index (Phi) is 50.6. The molecule has 32 heteroatoms. The molecule has 3 aliphatic heterocycles. The van der Waals surface area contributed by atoms with Crippen LogP contribution in [0.2, 0.25) is 0 Å². The number of hydrogen-bond acceptors (Lipinski definition) is 24. The second-order valence-corrected chi connectivity index (χ2v) is 28.4. The second-order valence-electron chi connectivity index (χ2n) is 28.4. The first-order chi connectivity index (χ1) is 50.5. The zero-order valence-corrected chi connectivity index (χ0v) is 63.1. The first-order valence-electron chi connectivity index (χ1n) is 38.9. The molecule has 6 unspecified atom stereocenters. The third-order valence-corrected chi connectivity index (χ3v) is 19.6. The molecule has 3 saturated heterocycles. The summed E-state index contributed by atoms with van der Waals surface area (Å²) in [5.74, 6) is -3.42. The lowest BCUT2D eigenvalue weighted by Gasteiger charge is -2.40. The summed E-state index contributed by atoms with van der Waals surface area (Å²) in [5, 5.41) is 113. The average Bonchev–Trinajstić information content (AvgIpc) is 0.829. The van der Waals surface area contributed by atoms with Crippen LogP contribution in [0.15, 0.2) is 0 Å². The van der Waals surface area contributed by atoms with Crippen LogP contribution in [0.25, 0.3) is 0 Å². The fourth-order valence-electron chi connectivity index (χ4n) is 12.6. The van der Waals surface area contributed by atoms with Crippen molar-refractivity contribution in [3.05, 3.63) is 0 Å². The van der Waals surface area contributed by atoms with E-state index < -0.39 is 123 Å². The van der Waals surface area contributed by atoms with Crippen LogP contribution < -0.4 is 42.5 Å². The van der Waals surface area contributed by atoms with Crippen molar-refractivity contribution >= 4 is 47.3 Å². The fraction of sp³-hybridized carbons (Fsp3) is 0.890. The standard InChI is InChI=1S/C73H134N8O24/c1-50-64(93)67(96)53(47-82)103-70(50)100-44-21-7-10-25-56(85)75-37-14-17-40-78-60(89)30-33-73(81-63(92)29-24-28-59(88)74-36-13-5-6-20-43-99-4,34-31-61(90)79-41-18-15-38-76-57(86)26-11-8-22-45-101-71-51(2)65(94)68(97)54(48-83)104-71)35-32-62(91)80-42-19-16-39-77-58(87)27-12-9-23-46-102-72-52(3)66(95)69(98)55(49-84)105-72/h50-55,64-72,82-84,93-98H,5-49H2,1-4H3,(H,74,88)(H,75,85)(H,76,86)(H,77,87)(H,78,89)(H,79,90)(H,80,91)(H,81,92)/t50?,51?,52?,53?,54?,55?,64-,65-,66-,67+,68+,69+,70-,71-,72-,73?/m1/s1. The maximum Gasteiger partial charge on any atom is 0.220 e. The Bertz CT molecular complexity index is 2190. The molecule has 105 heavy (non-hydrogen) atoms. The monoisotopic (exact) mass is 1510 g/mol. The van der Waals surface area contributed by atoms with Crippen molar-refractivity contribution in [2.75, 3.05) is 99.2 Å². The molecule has 3 aliphatic rings. The van der Waals surface area contributed by atoms with Crippen LogP contribution in [0.1, 0.15) is 220 Å². The van der Waals surface area contributed by atoms with Gasteiger partial charge in [0.1, 0.15) is 36.6 Å². The topological polar surface area (TPSA) is 479 Å². The van der Waals surface area contributed by atoms with Crippen molar-refractivity contribution in [3.8, 4) is 0 Å². The first kappa shape index (κ1) is 94.3. The quantitative estimate of drug-likeness (QED) is 0.0372. The van der Waals surface area contributed by atoms with Gasteiger partial charge < -0.3 is 122 Å². The number of amides is 8. The predicted molar refractivity (Wildman–Crippen MR) is 386 cm³/mol. The van der Waals surface area contributed by atoms with E-state index in [0.717, 1.165) is 25.7 Å². The number of carbonyl (C=O) groups is 8. The lowest BCUT2D eigenvalue weighted by Crippen LogP contribution is -2.55. The molecule has 15 atom stereocenters. The summed E-state index contributed by atoms with van der Waals surface area (Å²) in [6.07, 6.45) is 1.87. The molecule has 610 valence electrons. The summed E-state index contributed by atoms with van der Waals surface area (Å²) in [7, 11) is 1.66. The number of carbonyl (C=O) groups excluding carboxylic acids is 8. The van der Waals surface area contributed by atoms with Crippen molar-refractivity contribution < 1.29 is 117 Å². The minimum absolute atomic E-state index is 0.0360. The summed E-state index contributed by atoms with van der Waals surface area (Å²) in [4.78, 5) is 106.